The van der Waals surface area contributed by atoms with Gasteiger partial charge in [0.25, 0.3) is 0 Å². The van der Waals surface area contributed by atoms with E-state index >= 15 is 0 Å². The topological polar surface area (TPSA) is 84.2 Å². The fourth-order valence-corrected chi connectivity index (χ4v) is 3.90. The molecular formula is C16H17N5O2S. The summed E-state index contributed by atoms with van der Waals surface area (Å²) in [5.41, 5.74) is 0.974. The van der Waals surface area contributed by atoms with Crippen molar-refractivity contribution < 1.29 is 9.32 Å². The molecule has 124 valence electrons. The summed E-state index contributed by atoms with van der Waals surface area (Å²) in [6.07, 6.45) is 3.25. The molecule has 0 saturated carbocycles. The molecule has 0 aliphatic carbocycles. The Morgan fingerprint density at radius 2 is 2.33 bits per heavy atom. The maximum Gasteiger partial charge on any atom is 0.317 e. The minimum absolute atomic E-state index is 0.0672. The number of nitrogens with one attached hydrogen (secondary N) is 1. The number of para-hydroxylation sites is 1. The highest BCUT2D eigenvalue weighted by molar-refractivity contribution is 7.18. The van der Waals surface area contributed by atoms with Crippen molar-refractivity contribution in [3.63, 3.8) is 0 Å². The molecule has 1 fully saturated rings. The Morgan fingerprint density at radius 3 is 3.17 bits per heavy atom. The molecular weight excluding hydrogens is 326 g/mol. The van der Waals surface area contributed by atoms with Crippen LogP contribution in [0, 0.1) is 0 Å². The quantitative estimate of drug-likeness (QED) is 0.790. The van der Waals surface area contributed by atoms with Crippen LogP contribution in [0.2, 0.25) is 0 Å². The lowest BCUT2D eigenvalue weighted by atomic mass is 9.98. The summed E-state index contributed by atoms with van der Waals surface area (Å²) in [5.74, 6) is 0.823. The lowest BCUT2D eigenvalue weighted by Crippen LogP contribution is -2.44. The zero-order valence-corrected chi connectivity index (χ0v) is 13.8. The summed E-state index contributed by atoms with van der Waals surface area (Å²) in [7, 11) is 0. The van der Waals surface area contributed by atoms with E-state index in [2.05, 4.69) is 20.4 Å². The largest absolute Gasteiger partial charge is 0.343 e. The number of fused-ring (bicyclic) bond motifs is 1. The molecule has 2 aromatic heterocycles. The number of aromatic nitrogens is 3. The Morgan fingerprint density at radius 1 is 1.42 bits per heavy atom. The Hall–Kier alpha value is -2.48. The van der Waals surface area contributed by atoms with Crippen LogP contribution in [0.4, 0.5) is 4.79 Å². The Balaban J connectivity index is 1.37. The summed E-state index contributed by atoms with van der Waals surface area (Å²) < 4.78 is 5.95. The molecule has 0 spiro atoms. The van der Waals surface area contributed by atoms with E-state index in [1.807, 2.05) is 29.2 Å². The zero-order valence-electron chi connectivity index (χ0n) is 13.0. The van der Waals surface area contributed by atoms with Crippen LogP contribution >= 0.6 is 11.3 Å². The normalized spacial score (nSPS) is 18.0. The molecule has 0 radical (unpaired) electrons. The van der Waals surface area contributed by atoms with Crippen LogP contribution in [0.1, 0.15) is 29.6 Å². The van der Waals surface area contributed by atoms with Gasteiger partial charge in [0.1, 0.15) is 5.01 Å². The van der Waals surface area contributed by atoms with E-state index in [0.29, 0.717) is 18.9 Å². The number of hydrogen-bond acceptors (Lipinski definition) is 6. The van der Waals surface area contributed by atoms with Crippen LogP contribution in [-0.4, -0.2) is 39.1 Å². The molecule has 1 aliphatic heterocycles. The van der Waals surface area contributed by atoms with E-state index in [4.69, 9.17) is 4.52 Å². The first kappa shape index (κ1) is 15.1. The molecule has 3 heterocycles. The molecule has 1 N–H and O–H groups in total. The fraction of sp³-hybridized carbons (Fsp3) is 0.375. The Kier molecular flexibility index (Phi) is 4.12. The van der Waals surface area contributed by atoms with Gasteiger partial charge in [0.15, 0.2) is 5.82 Å². The summed E-state index contributed by atoms with van der Waals surface area (Å²) in [6, 6.07) is 7.92. The van der Waals surface area contributed by atoms with Crippen molar-refractivity contribution in [2.75, 3.05) is 13.1 Å². The third kappa shape index (κ3) is 3.09. The molecule has 1 saturated heterocycles. The number of hydrogen-bond donors (Lipinski definition) is 1. The molecule has 1 atom stereocenters. The predicted octanol–water partition coefficient (Wildman–Crippen LogP) is 2.77. The molecule has 24 heavy (non-hydrogen) atoms. The number of likely N-dealkylation sites (tertiary alicyclic amines) is 1. The first-order chi connectivity index (χ1) is 11.8. The third-order valence-corrected chi connectivity index (χ3v) is 5.22. The monoisotopic (exact) mass is 343 g/mol. The van der Waals surface area contributed by atoms with Crippen LogP contribution in [-0.2, 0) is 6.54 Å². The van der Waals surface area contributed by atoms with Gasteiger partial charge >= 0.3 is 6.03 Å². The number of amides is 2. The Bertz CT molecular complexity index is 799. The van der Waals surface area contributed by atoms with Crippen molar-refractivity contribution >= 4 is 27.6 Å². The van der Waals surface area contributed by atoms with Crippen LogP contribution < -0.4 is 5.32 Å². The van der Waals surface area contributed by atoms with E-state index in [0.717, 1.165) is 34.6 Å². The number of thiazole rings is 1. The number of urea groups is 1. The maximum absolute atomic E-state index is 12.4. The minimum atomic E-state index is -0.0672. The molecule has 0 unspecified atom stereocenters. The van der Waals surface area contributed by atoms with Crippen molar-refractivity contribution in [2.24, 2.45) is 0 Å². The van der Waals surface area contributed by atoms with Gasteiger partial charge in [-0.25, -0.2) is 9.78 Å². The summed E-state index contributed by atoms with van der Waals surface area (Å²) in [4.78, 5) is 22.9. The van der Waals surface area contributed by atoms with Crippen molar-refractivity contribution in [3.05, 3.63) is 41.5 Å². The van der Waals surface area contributed by atoms with Crippen molar-refractivity contribution in [3.8, 4) is 0 Å². The molecule has 0 bridgehead atoms. The second kappa shape index (κ2) is 6.56. The molecule has 8 heteroatoms. The average molecular weight is 343 g/mol. The smallest absolute Gasteiger partial charge is 0.317 e. The summed E-state index contributed by atoms with van der Waals surface area (Å²) in [5, 5.41) is 7.78. The van der Waals surface area contributed by atoms with Crippen LogP contribution in [0.15, 0.2) is 35.2 Å². The lowest BCUT2D eigenvalue weighted by molar-refractivity contribution is 0.177. The average Bonchev–Trinajstić information content (AvgIpc) is 3.29. The second-order valence-electron chi connectivity index (χ2n) is 5.81. The van der Waals surface area contributed by atoms with Gasteiger partial charge in [0.05, 0.1) is 16.8 Å². The summed E-state index contributed by atoms with van der Waals surface area (Å²) in [6.45, 7) is 1.81. The minimum Gasteiger partial charge on any atom is -0.343 e. The number of piperidine rings is 1. The highest BCUT2D eigenvalue weighted by Crippen LogP contribution is 2.24. The van der Waals surface area contributed by atoms with Gasteiger partial charge in [0.2, 0.25) is 6.39 Å². The molecule has 3 aromatic rings. The van der Waals surface area contributed by atoms with Gasteiger partial charge in [-0.1, -0.05) is 17.3 Å². The molecule has 4 rings (SSSR count). The fourth-order valence-electron chi connectivity index (χ4n) is 2.99. The van der Waals surface area contributed by atoms with Gasteiger partial charge in [-0.15, -0.1) is 11.3 Å². The van der Waals surface area contributed by atoms with Gasteiger partial charge in [-0.3, -0.25) is 0 Å². The highest BCUT2D eigenvalue weighted by Gasteiger charge is 2.27. The molecule has 2 amide bonds. The van der Waals surface area contributed by atoms with E-state index in [-0.39, 0.29) is 11.9 Å². The third-order valence-electron chi connectivity index (χ3n) is 4.18. The zero-order chi connectivity index (χ0) is 16.4. The first-order valence-corrected chi connectivity index (χ1v) is 8.75. The Labute approximate surface area is 142 Å². The molecule has 1 aliphatic rings. The standard InChI is InChI=1S/C16H17N5O2S/c22-16(17-8-14-19-12-5-1-2-6-13(12)24-14)21-7-3-4-11(9-21)15-18-10-23-20-15/h1-2,5-6,10-11H,3-4,7-9H2,(H,17,22)/t11-/m0/s1. The lowest BCUT2D eigenvalue weighted by Gasteiger charge is -2.31. The number of rotatable bonds is 3. The first-order valence-electron chi connectivity index (χ1n) is 7.93. The van der Waals surface area contributed by atoms with E-state index in [1.54, 1.807) is 11.3 Å². The van der Waals surface area contributed by atoms with Crippen molar-refractivity contribution in [1.82, 2.24) is 25.3 Å². The maximum atomic E-state index is 12.4. The highest BCUT2D eigenvalue weighted by atomic mass is 32.1. The van der Waals surface area contributed by atoms with Crippen LogP contribution in [0.25, 0.3) is 10.2 Å². The van der Waals surface area contributed by atoms with Gasteiger partial charge < -0.3 is 14.7 Å². The van der Waals surface area contributed by atoms with E-state index in [9.17, 15) is 4.79 Å². The summed E-state index contributed by atoms with van der Waals surface area (Å²) >= 11 is 1.61. The molecule has 1 aromatic carbocycles. The van der Waals surface area contributed by atoms with Crippen molar-refractivity contribution in [1.29, 1.82) is 0 Å². The van der Waals surface area contributed by atoms with Crippen molar-refractivity contribution in [2.45, 2.75) is 25.3 Å². The number of benzene rings is 1. The van der Waals surface area contributed by atoms with E-state index in [1.165, 1.54) is 6.39 Å². The van der Waals surface area contributed by atoms with Gasteiger partial charge in [-0.2, -0.15) is 4.98 Å². The van der Waals surface area contributed by atoms with Gasteiger partial charge in [-0.05, 0) is 25.0 Å². The SMILES string of the molecule is O=C(NCc1nc2ccccc2s1)N1CCC[C@H](c2ncon2)C1. The second-order valence-corrected chi connectivity index (χ2v) is 6.92. The number of nitrogens with zero attached hydrogens (tertiary/aromatic N) is 4. The number of carbonyl (C=O) groups excluding carboxylic acids is 1. The van der Waals surface area contributed by atoms with Crippen LogP contribution in [0.5, 0.6) is 0 Å². The molecule has 7 nitrogen and oxygen atoms in total. The number of carbonyl (C=O) groups is 1. The van der Waals surface area contributed by atoms with Crippen LogP contribution in [0.3, 0.4) is 0 Å². The predicted molar refractivity (Wildman–Crippen MR) is 89.7 cm³/mol. The van der Waals surface area contributed by atoms with E-state index < -0.39 is 0 Å². The van der Waals surface area contributed by atoms with Gasteiger partial charge in [0, 0.05) is 19.0 Å².